The predicted molar refractivity (Wildman–Crippen MR) is 164 cm³/mol. The molecule has 1 saturated heterocycles. The third-order valence-electron chi connectivity index (χ3n) is 6.96. The van der Waals surface area contributed by atoms with Crippen LogP contribution < -0.4 is 15.1 Å². The Hall–Kier alpha value is -4.26. The van der Waals surface area contributed by atoms with Crippen molar-refractivity contribution >= 4 is 45.5 Å². The largest absolute Gasteiger partial charge is 0.464 e. The second kappa shape index (κ2) is 16.3. The van der Waals surface area contributed by atoms with Crippen molar-refractivity contribution in [2.24, 2.45) is 0 Å². The van der Waals surface area contributed by atoms with Crippen molar-refractivity contribution in [2.45, 2.75) is 51.7 Å². The maximum absolute atomic E-state index is 13.6. The Morgan fingerprint density at radius 2 is 1.72 bits per heavy atom. The van der Waals surface area contributed by atoms with E-state index in [0.717, 1.165) is 16.5 Å². The van der Waals surface area contributed by atoms with Gasteiger partial charge in [0.05, 0.1) is 49.3 Å². The van der Waals surface area contributed by atoms with E-state index in [9.17, 15) is 31.8 Å². The topological polar surface area (TPSA) is 138 Å². The monoisotopic (exact) mass is 664 g/mol. The molecule has 1 fully saturated rings. The van der Waals surface area contributed by atoms with E-state index in [0.29, 0.717) is 31.1 Å². The quantitative estimate of drug-likeness (QED) is 0.172. The number of hydrogen-bond donors (Lipinski definition) is 1. The number of halogens is 3. The zero-order valence-electron chi connectivity index (χ0n) is 25.6. The summed E-state index contributed by atoms with van der Waals surface area (Å²) in [5.41, 5.74) is -1.89. The van der Waals surface area contributed by atoms with Crippen LogP contribution in [0.2, 0.25) is 0 Å². The molecule has 2 aromatic carbocycles. The highest BCUT2D eigenvalue weighted by molar-refractivity contribution is 7.67. The molecule has 0 unspecified atom stereocenters. The summed E-state index contributed by atoms with van der Waals surface area (Å²) < 4.78 is 68.4. The molecule has 0 spiro atoms. The molecule has 1 aliphatic heterocycles. The molecule has 248 valence electrons. The molecular weight excluding hydrogens is 629 g/mol. The highest BCUT2D eigenvalue weighted by Crippen LogP contribution is 2.39. The first-order chi connectivity index (χ1) is 21.8. The van der Waals surface area contributed by atoms with Gasteiger partial charge in [0, 0.05) is 18.7 Å². The second-order valence-electron chi connectivity index (χ2n) is 10.6. The minimum Gasteiger partial charge on any atom is -0.464 e. The van der Waals surface area contributed by atoms with E-state index in [4.69, 9.17) is 19.5 Å². The lowest BCUT2D eigenvalue weighted by molar-refractivity contribution is -0.149. The number of aryl methyl sites for hydroxylation is 1. The first-order valence-electron chi connectivity index (χ1n) is 14.4. The Bertz CT molecular complexity index is 1500. The van der Waals surface area contributed by atoms with Crippen molar-refractivity contribution in [3.63, 3.8) is 0 Å². The Balaban J connectivity index is 1.54. The number of rotatable bonds is 15. The van der Waals surface area contributed by atoms with E-state index < -0.39 is 34.7 Å². The van der Waals surface area contributed by atoms with Crippen LogP contribution in [0.1, 0.15) is 50.3 Å². The number of nitrogens with one attached hydrogen (secondary N) is 1. The van der Waals surface area contributed by atoms with Crippen molar-refractivity contribution < 1.29 is 46.0 Å². The van der Waals surface area contributed by atoms with E-state index >= 15 is 0 Å². The van der Waals surface area contributed by atoms with E-state index in [1.807, 2.05) is 0 Å². The predicted octanol–water partition coefficient (Wildman–Crippen LogP) is 3.54. The molecule has 1 aliphatic rings. The van der Waals surface area contributed by atoms with Crippen LogP contribution in [0.15, 0.2) is 42.5 Å². The number of benzene rings is 2. The number of anilines is 2. The molecule has 15 heteroatoms. The standard InChI is InChI=1S/C31H35F3N4O7S/c1-4-45-27(40)20-44-17-16-43-15-14-36-26(39)7-5-6-21-8-11-23(12-9-21)38-29(46-42)37(28(41)30(38,2)3)24-13-10-22(19-35)25(18-24)31(32,33)34/h8-13,18H,4-7,14-17,20H2,1-3H3,(H,36,39). The number of nitriles is 1. The number of ether oxygens (including phenoxy) is 3. The summed E-state index contributed by atoms with van der Waals surface area (Å²) in [5, 5.41) is 11.8. The lowest BCUT2D eigenvalue weighted by Crippen LogP contribution is -2.44. The van der Waals surface area contributed by atoms with Gasteiger partial charge in [-0.2, -0.15) is 18.4 Å². The van der Waals surface area contributed by atoms with Crippen molar-refractivity contribution in [2.75, 3.05) is 49.4 Å². The van der Waals surface area contributed by atoms with E-state index in [1.165, 1.54) is 17.0 Å². The molecule has 3 rings (SSSR count). The van der Waals surface area contributed by atoms with Crippen LogP contribution in [-0.2, 0) is 52.4 Å². The first kappa shape index (κ1) is 36.2. The third-order valence-corrected chi connectivity index (χ3v) is 7.47. The van der Waals surface area contributed by atoms with E-state index in [2.05, 4.69) is 5.32 Å². The second-order valence-corrected chi connectivity index (χ2v) is 11.1. The van der Waals surface area contributed by atoms with Gasteiger partial charge in [0.25, 0.3) is 5.91 Å². The minimum atomic E-state index is -4.83. The Morgan fingerprint density at radius 3 is 2.35 bits per heavy atom. The number of carbonyl (C=O) groups is 3. The zero-order chi connectivity index (χ0) is 33.9. The lowest BCUT2D eigenvalue weighted by atomic mass is 10.0. The van der Waals surface area contributed by atoms with Gasteiger partial charge in [0.1, 0.15) is 23.4 Å². The average Bonchev–Trinajstić information content (AvgIpc) is 3.22. The van der Waals surface area contributed by atoms with Crippen LogP contribution in [0.25, 0.3) is 0 Å². The van der Waals surface area contributed by atoms with Gasteiger partial charge >= 0.3 is 12.1 Å². The van der Waals surface area contributed by atoms with Crippen molar-refractivity contribution in [1.29, 1.82) is 5.26 Å². The van der Waals surface area contributed by atoms with Crippen molar-refractivity contribution in [3.05, 3.63) is 59.2 Å². The third kappa shape index (κ3) is 9.15. The number of amides is 2. The zero-order valence-corrected chi connectivity index (χ0v) is 26.5. The molecule has 1 N–H and O–H groups in total. The Labute approximate surface area is 268 Å². The van der Waals surface area contributed by atoms with Crippen LogP contribution in [0.5, 0.6) is 0 Å². The summed E-state index contributed by atoms with van der Waals surface area (Å²) in [4.78, 5) is 39.2. The van der Waals surface area contributed by atoms with Gasteiger partial charge < -0.3 is 24.4 Å². The van der Waals surface area contributed by atoms with Crippen molar-refractivity contribution in [1.82, 2.24) is 5.32 Å². The molecule has 0 aliphatic carbocycles. The smallest absolute Gasteiger partial charge is 0.417 e. The summed E-state index contributed by atoms with van der Waals surface area (Å²) in [6.45, 7) is 6.10. The number of esters is 1. The van der Waals surface area contributed by atoms with E-state index in [1.54, 1.807) is 45.0 Å². The Morgan fingerprint density at radius 1 is 1.04 bits per heavy atom. The lowest BCUT2D eigenvalue weighted by Gasteiger charge is -2.29. The van der Waals surface area contributed by atoms with Gasteiger partial charge in [-0.1, -0.05) is 12.1 Å². The fourth-order valence-corrected chi connectivity index (χ4v) is 5.40. The number of alkyl halides is 3. The van der Waals surface area contributed by atoms with Crippen LogP contribution in [-0.4, -0.2) is 72.2 Å². The van der Waals surface area contributed by atoms with Crippen LogP contribution in [0.4, 0.5) is 24.5 Å². The van der Waals surface area contributed by atoms with Crippen LogP contribution in [0.3, 0.4) is 0 Å². The van der Waals surface area contributed by atoms with Gasteiger partial charge in [-0.25, -0.2) is 9.00 Å². The van der Waals surface area contributed by atoms with Gasteiger partial charge in [0.2, 0.25) is 11.0 Å². The summed E-state index contributed by atoms with van der Waals surface area (Å²) in [5.74, 6) is -1.18. The fourth-order valence-electron chi connectivity index (χ4n) is 4.73. The average molecular weight is 665 g/mol. The number of nitrogens with zero attached hydrogens (tertiary/aromatic N) is 3. The summed E-state index contributed by atoms with van der Waals surface area (Å²) in [7, 11) is 0. The summed E-state index contributed by atoms with van der Waals surface area (Å²) in [6.07, 6.45) is -3.42. The number of hydrogen-bond acceptors (Lipinski definition) is 8. The van der Waals surface area contributed by atoms with Crippen LogP contribution >= 0.6 is 0 Å². The maximum Gasteiger partial charge on any atom is 0.417 e. The molecule has 0 aromatic heterocycles. The SMILES string of the molecule is CCOC(=O)COCCOCCNC(=O)CCCc1ccc(N2C(=S=O)N(c3ccc(C#N)c(C(F)(F)F)c3)C(=O)C2(C)C)cc1. The highest BCUT2D eigenvalue weighted by atomic mass is 32.1. The molecule has 0 atom stereocenters. The molecule has 0 radical (unpaired) electrons. The minimum absolute atomic E-state index is 0.0208. The Kier molecular flexibility index (Phi) is 12.9. The van der Waals surface area contributed by atoms with Crippen molar-refractivity contribution in [3.8, 4) is 6.07 Å². The van der Waals surface area contributed by atoms with Crippen LogP contribution in [0, 0.1) is 11.3 Å². The molecule has 0 saturated carbocycles. The number of carbonyl (C=O) groups excluding carboxylic acids is 3. The molecule has 1 heterocycles. The fraction of sp³-hybridized carbons (Fsp3) is 0.452. The van der Waals surface area contributed by atoms with Gasteiger partial charge in [-0.3, -0.25) is 14.5 Å². The van der Waals surface area contributed by atoms with Gasteiger partial charge in [0.15, 0.2) is 0 Å². The molecule has 46 heavy (non-hydrogen) atoms. The molecule has 0 bridgehead atoms. The van der Waals surface area contributed by atoms with Gasteiger partial charge in [-0.15, -0.1) is 0 Å². The summed E-state index contributed by atoms with van der Waals surface area (Å²) >= 11 is -0.0208. The normalized spacial score (nSPS) is 14.3. The molecule has 11 nitrogen and oxygen atoms in total. The maximum atomic E-state index is 13.6. The first-order valence-corrected chi connectivity index (χ1v) is 15.2. The molecule has 2 amide bonds. The van der Waals surface area contributed by atoms with Gasteiger partial charge in [-0.05, 0) is 69.5 Å². The summed E-state index contributed by atoms with van der Waals surface area (Å²) in [6, 6.07) is 11.4. The molecule has 2 aromatic rings. The highest BCUT2D eigenvalue weighted by Gasteiger charge is 2.51. The molecular formula is C31H35F3N4O7S. The van der Waals surface area contributed by atoms with E-state index in [-0.39, 0.29) is 67.4 Å².